The molecule has 138 valence electrons. The number of hydrogen-bond acceptors (Lipinski definition) is 3. The van der Waals surface area contributed by atoms with Gasteiger partial charge >= 0.3 is 6.09 Å². The molecule has 0 saturated carbocycles. The van der Waals surface area contributed by atoms with Crippen LogP contribution in [-0.2, 0) is 16.1 Å². The largest absolute Gasteiger partial charge is 0.447 e. The van der Waals surface area contributed by atoms with Crippen molar-refractivity contribution in [3.05, 3.63) is 35.6 Å². The van der Waals surface area contributed by atoms with Crippen molar-refractivity contribution in [2.45, 2.75) is 52.8 Å². The Bertz CT molecular complexity index is 601. The van der Waals surface area contributed by atoms with E-state index in [-0.39, 0.29) is 42.3 Å². The van der Waals surface area contributed by atoms with E-state index >= 15 is 0 Å². The van der Waals surface area contributed by atoms with Gasteiger partial charge in [-0.1, -0.05) is 26.0 Å². The average Bonchev–Trinajstić information content (AvgIpc) is 2.69. The molecule has 0 aliphatic carbocycles. The van der Waals surface area contributed by atoms with Crippen molar-refractivity contribution >= 4 is 12.0 Å². The van der Waals surface area contributed by atoms with Gasteiger partial charge in [-0.2, -0.15) is 0 Å². The molecule has 5 nitrogen and oxygen atoms in total. The fourth-order valence-corrected chi connectivity index (χ4v) is 2.98. The third kappa shape index (κ3) is 5.18. The molecule has 1 aliphatic rings. The Morgan fingerprint density at radius 2 is 1.88 bits per heavy atom. The molecule has 0 aromatic heterocycles. The van der Waals surface area contributed by atoms with Gasteiger partial charge in [-0.3, -0.25) is 4.79 Å². The summed E-state index contributed by atoms with van der Waals surface area (Å²) in [7, 11) is 0. The number of nitrogens with zero attached hydrogens (tertiary/aromatic N) is 2. The van der Waals surface area contributed by atoms with Crippen LogP contribution in [0.5, 0.6) is 0 Å². The molecule has 0 spiro atoms. The second-order valence-corrected chi connectivity index (χ2v) is 7.09. The first-order valence-corrected chi connectivity index (χ1v) is 8.77. The molecule has 1 aromatic carbocycles. The van der Waals surface area contributed by atoms with Crippen molar-refractivity contribution in [3.8, 4) is 0 Å². The molecule has 0 unspecified atom stereocenters. The molecule has 0 radical (unpaired) electrons. The predicted molar refractivity (Wildman–Crippen MR) is 93.4 cm³/mol. The van der Waals surface area contributed by atoms with Crippen molar-refractivity contribution in [2.75, 3.05) is 13.1 Å². The van der Waals surface area contributed by atoms with E-state index in [1.165, 1.54) is 12.1 Å². The minimum atomic E-state index is -0.378. The van der Waals surface area contributed by atoms with Gasteiger partial charge in [-0.25, -0.2) is 9.18 Å². The van der Waals surface area contributed by atoms with Gasteiger partial charge in [0.05, 0.1) is 12.1 Å². The molecule has 1 aliphatic heterocycles. The Morgan fingerprint density at radius 3 is 2.44 bits per heavy atom. The van der Waals surface area contributed by atoms with Gasteiger partial charge < -0.3 is 14.5 Å². The van der Waals surface area contributed by atoms with Crippen molar-refractivity contribution in [1.29, 1.82) is 0 Å². The molecule has 1 heterocycles. The summed E-state index contributed by atoms with van der Waals surface area (Å²) in [5, 5.41) is 0. The number of carbonyl (C=O) groups is 2. The van der Waals surface area contributed by atoms with Gasteiger partial charge in [0.15, 0.2) is 0 Å². The molecule has 2 rings (SSSR count). The maximum absolute atomic E-state index is 13.1. The fourth-order valence-electron chi connectivity index (χ4n) is 2.98. The Morgan fingerprint density at radius 1 is 1.24 bits per heavy atom. The number of carbonyl (C=O) groups excluding carboxylic acids is 2. The lowest BCUT2D eigenvalue weighted by atomic mass is 10.0. The van der Waals surface area contributed by atoms with Crippen LogP contribution >= 0.6 is 0 Å². The zero-order valence-corrected chi connectivity index (χ0v) is 15.4. The maximum atomic E-state index is 13.1. The predicted octanol–water partition coefficient (Wildman–Crippen LogP) is 3.43. The first-order valence-electron chi connectivity index (χ1n) is 8.77. The summed E-state index contributed by atoms with van der Waals surface area (Å²) in [6.07, 6.45) is -0.311. The van der Waals surface area contributed by atoms with Crippen LogP contribution in [0.2, 0.25) is 0 Å². The molecule has 1 saturated heterocycles. The van der Waals surface area contributed by atoms with Crippen LogP contribution in [-0.4, -0.2) is 47.0 Å². The number of rotatable bonds is 4. The van der Waals surface area contributed by atoms with Crippen LogP contribution in [0.1, 0.15) is 39.7 Å². The number of amides is 2. The van der Waals surface area contributed by atoms with Gasteiger partial charge in [0.1, 0.15) is 5.82 Å². The normalized spacial score (nSPS) is 18.7. The van der Waals surface area contributed by atoms with E-state index in [1.807, 2.05) is 27.7 Å². The third-order valence-electron chi connectivity index (χ3n) is 4.35. The van der Waals surface area contributed by atoms with E-state index < -0.39 is 0 Å². The van der Waals surface area contributed by atoms with E-state index in [1.54, 1.807) is 21.9 Å². The van der Waals surface area contributed by atoms with Crippen molar-refractivity contribution in [1.82, 2.24) is 9.80 Å². The summed E-state index contributed by atoms with van der Waals surface area (Å²) < 4.78 is 18.4. The Labute approximate surface area is 148 Å². The fraction of sp³-hybridized carbons (Fsp3) is 0.579. The minimum absolute atomic E-state index is 0.00266. The summed E-state index contributed by atoms with van der Waals surface area (Å²) in [5.74, 6) is -0.117. The molecule has 2 amide bonds. The van der Waals surface area contributed by atoms with Crippen molar-refractivity contribution < 1.29 is 18.7 Å². The van der Waals surface area contributed by atoms with Gasteiger partial charge in [0, 0.05) is 26.1 Å². The van der Waals surface area contributed by atoms with Crippen molar-refractivity contribution in [2.24, 2.45) is 5.92 Å². The first kappa shape index (κ1) is 19.2. The summed E-state index contributed by atoms with van der Waals surface area (Å²) >= 11 is 0. The quantitative estimate of drug-likeness (QED) is 0.836. The molecule has 0 N–H and O–H groups in total. The molecule has 1 atom stereocenters. The second kappa shape index (κ2) is 8.32. The van der Waals surface area contributed by atoms with Crippen LogP contribution in [0.25, 0.3) is 0 Å². The molecule has 6 heteroatoms. The molecular formula is C19H27FN2O3. The third-order valence-corrected chi connectivity index (χ3v) is 4.35. The molecule has 1 fully saturated rings. The van der Waals surface area contributed by atoms with Crippen LogP contribution in [0, 0.1) is 11.7 Å². The highest BCUT2D eigenvalue weighted by Gasteiger charge is 2.34. The Kier molecular flexibility index (Phi) is 6.39. The number of benzene rings is 1. The van der Waals surface area contributed by atoms with E-state index in [2.05, 4.69) is 0 Å². The second-order valence-electron chi connectivity index (χ2n) is 7.09. The summed E-state index contributed by atoms with van der Waals surface area (Å²) in [6.45, 7) is 8.89. The molecule has 25 heavy (non-hydrogen) atoms. The summed E-state index contributed by atoms with van der Waals surface area (Å²) in [4.78, 5) is 28.4. The van der Waals surface area contributed by atoms with E-state index in [4.69, 9.17) is 4.74 Å². The topological polar surface area (TPSA) is 49.9 Å². The average molecular weight is 350 g/mol. The highest BCUT2D eigenvalue weighted by Crippen LogP contribution is 2.21. The number of hydrogen-bond donors (Lipinski definition) is 0. The number of ether oxygens (including phenoxy) is 1. The van der Waals surface area contributed by atoms with Gasteiger partial charge in [-0.05, 0) is 37.5 Å². The molecule has 1 aromatic rings. The Balaban J connectivity index is 2.18. The monoisotopic (exact) mass is 350 g/mol. The molecular weight excluding hydrogens is 323 g/mol. The zero-order valence-electron chi connectivity index (χ0n) is 15.4. The standard InChI is InChI=1S/C19H27FN2O3/c1-13(2)17-12-21(19(24)25-14(3)4)10-9-18(23)22(17)11-15-5-7-16(20)8-6-15/h5-8,13-14,17H,9-12H2,1-4H3/t17-/m1/s1. The van der Waals surface area contributed by atoms with E-state index in [9.17, 15) is 14.0 Å². The van der Waals surface area contributed by atoms with Crippen LogP contribution in [0.15, 0.2) is 24.3 Å². The summed E-state index contributed by atoms with van der Waals surface area (Å²) in [6, 6.07) is 6.06. The number of halogens is 1. The highest BCUT2D eigenvalue weighted by molar-refractivity contribution is 5.78. The van der Waals surface area contributed by atoms with E-state index in [0.717, 1.165) is 5.56 Å². The lowest BCUT2D eigenvalue weighted by Crippen LogP contribution is -2.47. The molecule has 0 bridgehead atoms. The maximum Gasteiger partial charge on any atom is 0.410 e. The lowest BCUT2D eigenvalue weighted by molar-refractivity contribution is -0.134. The minimum Gasteiger partial charge on any atom is -0.447 e. The van der Waals surface area contributed by atoms with Crippen LogP contribution < -0.4 is 0 Å². The van der Waals surface area contributed by atoms with Crippen LogP contribution in [0.3, 0.4) is 0 Å². The smallest absolute Gasteiger partial charge is 0.410 e. The highest BCUT2D eigenvalue weighted by atomic mass is 19.1. The van der Waals surface area contributed by atoms with Crippen molar-refractivity contribution in [3.63, 3.8) is 0 Å². The van der Waals surface area contributed by atoms with Crippen LogP contribution in [0.4, 0.5) is 9.18 Å². The zero-order chi connectivity index (χ0) is 18.6. The SMILES string of the molecule is CC(C)OC(=O)N1CCC(=O)N(Cc2ccc(F)cc2)[C@@H](C(C)C)C1. The van der Waals surface area contributed by atoms with Gasteiger partial charge in [0.2, 0.25) is 5.91 Å². The lowest BCUT2D eigenvalue weighted by Gasteiger charge is -2.34. The first-order chi connectivity index (χ1) is 11.8. The van der Waals surface area contributed by atoms with Gasteiger partial charge in [0.25, 0.3) is 0 Å². The van der Waals surface area contributed by atoms with Gasteiger partial charge in [-0.15, -0.1) is 0 Å². The summed E-state index contributed by atoms with van der Waals surface area (Å²) in [5.41, 5.74) is 0.874. The Hall–Kier alpha value is -2.11. The van der Waals surface area contributed by atoms with E-state index in [0.29, 0.717) is 19.6 Å².